The van der Waals surface area contributed by atoms with Crippen LogP contribution >= 0.6 is 0 Å². The largest absolute Gasteiger partial charge is 0.235 e. The molecular weight excluding hydrogens is 90.1 g/mol. The standard InChI is InChI=1S/C5H5NO/c1-4-2-5(4)6-3-7/h5H,1-2H2. The van der Waals surface area contributed by atoms with Crippen LogP contribution in [0.2, 0.25) is 0 Å². The van der Waals surface area contributed by atoms with Gasteiger partial charge in [-0.3, -0.25) is 0 Å². The monoisotopic (exact) mass is 95.0 g/mol. The Balaban J connectivity index is 2.48. The van der Waals surface area contributed by atoms with Gasteiger partial charge in [0.05, 0.1) is 6.04 Å². The molecule has 0 spiro atoms. The molecule has 7 heavy (non-hydrogen) atoms. The minimum Gasteiger partial charge on any atom is -0.211 e. The van der Waals surface area contributed by atoms with Crippen molar-refractivity contribution in [3.05, 3.63) is 12.2 Å². The zero-order chi connectivity index (χ0) is 5.28. The molecule has 36 valence electrons. The Morgan fingerprint density at radius 3 is 2.71 bits per heavy atom. The first-order chi connectivity index (χ1) is 3.34. The van der Waals surface area contributed by atoms with Gasteiger partial charge in [0.2, 0.25) is 6.08 Å². The second kappa shape index (κ2) is 1.32. The molecule has 0 aromatic heterocycles. The van der Waals surface area contributed by atoms with Gasteiger partial charge in [-0.25, -0.2) is 4.79 Å². The lowest BCUT2D eigenvalue weighted by molar-refractivity contribution is 0.563. The zero-order valence-electron chi connectivity index (χ0n) is 3.85. The lowest BCUT2D eigenvalue weighted by Gasteiger charge is -1.64. The number of isocyanates is 1. The summed E-state index contributed by atoms with van der Waals surface area (Å²) in [6.45, 7) is 3.59. The molecule has 2 heteroatoms. The van der Waals surface area contributed by atoms with Crippen LogP contribution in [0.15, 0.2) is 17.1 Å². The number of aliphatic imine (C=N–C) groups is 1. The van der Waals surface area contributed by atoms with E-state index in [0.29, 0.717) is 0 Å². The molecule has 1 saturated carbocycles. The van der Waals surface area contributed by atoms with E-state index in [9.17, 15) is 4.79 Å². The van der Waals surface area contributed by atoms with Gasteiger partial charge in [-0.1, -0.05) is 6.58 Å². The Morgan fingerprint density at radius 2 is 2.57 bits per heavy atom. The van der Waals surface area contributed by atoms with Crippen molar-refractivity contribution in [3.8, 4) is 0 Å². The molecule has 1 unspecified atom stereocenters. The van der Waals surface area contributed by atoms with Gasteiger partial charge in [0.15, 0.2) is 0 Å². The molecule has 2 nitrogen and oxygen atoms in total. The molecule has 0 aliphatic heterocycles. The van der Waals surface area contributed by atoms with Crippen molar-refractivity contribution < 1.29 is 4.79 Å². The van der Waals surface area contributed by atoms with Crippen molar-refractivity contribution >= 4 is 6.08 Å². The van der Waals surface area contributed by atoms with Crippen LogP contribution in [0.4, 0.5) is 0 Å². The minimum absolute atomic E-state index is 0.123. The van der Waals surface area contributed by atoms with Crippen molar-refractivity contribution in [2.45, 2.75) is 12.5 Å². The minimum atomic E-state index is 0.123. The van der Waals surface area contributed by atoms with Gasteiger partial charge in [0.25, 0.3) is 0 Å². The summed E-state index contributed by atoms with van der Waals surface area (Å²) in [5.74, 6) is 0. The second-order valence-electron chi connectivity index (χ2n) is 1.60. The number of carbonyl (C=O) groups excluding carboxylic acids is 1. The first-order valence-electron chi connectivity index (χ1n) is 2.09. The highest BCUT2D eigenvalue weighted by Crippen LogP contribution is 2.29. The van der Waals surface area contributed by atoms with Gasteiger partial charge in [0.1, 0.15) is 0 Å². The summed E-state index contributed by atoms with van der Waals surface area (Å²) < 4.78 is 0. The Morgan fingerprint density at radius 1 is 2.00 bits per heavy atom. The fraction of sp³-hybridized carbons (Fsp3) is 0.400. The van der Waals surface area contributed by atoms with Crippen LogP contribution in [0.3, 0.4) is 0 Å². The molecule has 0 N–H and O–H groups in total. The van der Waals surface area contributed by atoms with Crippen LogP contribution in [0.25, 0.3) is 0 Å². The van der Waals surface area contributed by atoms with E-state index in [1.54, 1.807) is 0 Å². The van der Waals surface area contributed by atoms with Gasteiger partial charge in [-0.05, 0) is 12.0 Å². The van der Waals surface area contributed by atoms with Crippen molar-refractivity contribution in [2.75, 3.05) is 0 Å². The fourth-order valence-corrected chi connectivity index (χ4v) is 0.390. The third-order valence-corrected chi connectivity index (χ3v) is 0.975. The van der Waals surface area contributed by atoms with Crippen molar-refractivity contribution in [2.24, 2.45) is 4.99 Å². The number of hydrogen-bond acceptors (Lipinski definition) is 2. The third-order valence-electron chi connectivity index (χ3n) is 0.975. The van der Waals surface area contributed by atoms with E-state index in [0.717, 1.165) is 12.0 Å². The molecule has 1 atom stereocenters. The topological polar surface area (TPSA) is 29.4 Å². The Labute approximate surface area is 41.6 Å². The SMILES string of the molecule is C=C1CC1N=C=O. The quantitative estimate of drug-likeness (QED) is 0.267. The van der Waals surface area contributed by atoms with Crippen molar-refractivity contribution in [1.82, 2.24) is 0 Å². The summed E-state index contributed by atoms with van der Waals surface area (Å²) in [5.41, 5.74) is 1.04. The Hall–Kier alpha value is -0.880. The van der Waals surface area contributed by atoms with Crippen molar-refractivity contribution in [1.29, 1.82) is 0 Å². The molecule has 0 saturated heterocycles. The van der Waals surface area contributed by atoms with E-state index in [1.807, 2.05) is 0 Å². The van der Waals surface area contributed by atoms with Crippen LogP contribution in [-0.4, -0.2) is 12.1 Å². The molecule has 0 radical (unpaired) electrons. The highest BCUT2D eigenvalue weighted by Gasteiger charge is 2.26. The molecule has 1 aliphatic carbocycles. The van der Waals surface area contributed by atoms with E-state index in [-0.39, 0.29) is 6.04 Å². The molecule has 1 rings (SSSR count). The van der Waals surface area contributed by atoms with Crippen LogP contribution in [-0.2, 0) is 4.79 Å². The summed E-state index contributed by atoms with van der Waals surface area (Å²) in [6, 6.07) is 0.123. The first-order valence-corrected chi connectivity index (χ1v) is 2.09. The maximum Gasteiger partial charge on any atom is 0.235 e. The predicted octanol–water partition coefficient (Wildman–Crippen LogP) is 0.651. The molecule has 0 aromatic rings. The van der Waals surface area contributed by atoms with E-state index in [2.05, 4.69) is 11.6 Å². The average molecular weight is 95.1 g/mol. The van der Waals surface area contributed by atoms with E-state index >= 15 is 0 Å². The van der Waals surface area contributed by atoms with Crippen LogP contribution in [0, 0.1) is 0 Å². The normalized spacial score (nSPS) is 26.3. The second-order valence-corrected chi connectivity index (χ2v) is 1.60. The Bertz CT molecular complexity index is 144. The summed E-state index contributed by atoms with van der Waals surface area (Å²) in [7, 11) is 0. The molecular formula is C5H5NO. The maximum atomic E-state index is 9.47. The number of nitrogens with zero attached hydrogens (tertiary/aromatic N) is 1. The van der Waals surface area contributed by atoms with E-state index < -0.39 is 0 Å². The number of hydrogen-bond donors (Lipinski definition) is 0. The summed E-state index contributed by atoms with van der Waals surface area (Å²) in [6.07, 6.45) is 2.36. The lowest BCUT2D eigenvalue weighted by Crippen LogP contribution is -1.67. The highest BCUT2D eigenvalue weighted by atomic mass is 16.1. The third kappa shape index (κ3) is 0.756. The predicted molar refractivity (Wildman–Crippen MR) is 25.7 cm³/mol. The van der Waals surface area contributed by atoms with Gasteiger partial charge >= 0.3 is 0 Å². The van der Waals surface area contributed by atoms with E-state index in [1.165, 1.54) is 6.08 Å². The van der Waals surface area contributed by atoms with E-state index in [4.69, 9.17) is 0 Å². The smallest absolute Gasteiger partial charge is 0.211 e. The summed E-state index contributed by atoms with van der Waals surface area (Å²) in [4.78, 5) is 12.9. The molecule has 0 aromatic carbocycles. The molecule has 1 aliphatic rings. The highest BCUT2D eigenvalue weighted by molar-refractivity contribution is 5.39. The van der Waals surface area contributed by atoms with Crippen LogP contribution in [0.5, 0.6) is 0 Å². The fourth-order valence-electron chi connectivity index (χ4n) is 0.390. The molecule has 0 bridgehead atoms. The van der Waals surface area contributed by atoms with Gasteiger partial charge in [-0.2, -0.15) is 4.99 Å². The van der Waals surface area contributed by atoms with Gasteiger partial charge in [0, 0.05) is 0 Å². The Kier molecular flexibility index (Phi) is 0.807. The first kappa shape index (κ1) is 4.28. The maximum absolute atomic E-state index is 9.47. The van der Waals surface area contributed by atoms with Gasteiger partial charge < -0.3 is 0 Å². The summed E-state index contributed by atoms with van der Waals surface area (Å²) >= 11 is 0. The molecule has 0 heterocycles. The zero-order valence-corrected chi connectivity index (χ0v) is 3.85. The van der Waals surface area contributed by atoms with Gasteiger partial charge in [-0.15, -0.1) is 0 Å². The van der Waals surface area contributed by atoms with Crippen LogP contribution in [0.1, 0.15) is 6.42 Å². The average Bonchev–Trinajstić information content (AvgIpc) is 2.22. The molecule has 0 amide bonds. The number of rotatable bonds is 1. The lowest BCUT2D eigenvalue weighted by atomic mass is 10.7. The molecule has 1 fully saturated rings. The summed E-state index contributed by atoms with van der Waals surface area (Å²) in [5, 5.41) is 0. The van der Waals surface area contributed by atoms with Crippen molar-refractivity contribution in [3.63, 3.8) is 0 Å². The van der Waals surface area contributed by atoms with Crippen LogP contribution < -0.4 is 0 Å².